The number of amides is 2. The maximum atomic E-state index is 13.3. The van der Waals surface area contributed by atoms with Crippen molar-refractivity contribution in [3.05, 3.63) is 35.6 Å². The summed E-state index contributed by atoms with van der Waals surface area (Å²) in [6.45, 7) is 5.35. The van der Waals surface area contributed by atoms with Gasteiger partial charge in [-0.15, -0.1) is 0 Å². The van der Waals surface area contributed by atoms with Gasteiger partial charge >= 0.3 is 0 Å². The van der Waals surface area contributed by atoms with E-state index in [1.807, 2.05) is 13.8 Å². The molecule has 0 radical (unpaired) electrons. The lowest BCUT2D eigenvalue weighted by Crippen LogP contribution is -2.62. The van der Waals surface area contributed by atoms with Crippen LogP contribution in [0.2, 0.25) is 0 Å². The van der Waals surface area contributed by atoms with Crippen LogP contribution in [0.25, 0.3) is 0 Å². The minimum Gasteiger partial charge on any atom is -0.343 e. The number of nitrogens with zero attached hydrogens (tertiary/aromatic N) is 1. The van der Waals surface area contributed by atoms with Crippen molar-refractivity contribution < 1.29 is 14.0 Å². The predicted molar refractivity (Wildman–Crippen MR) is 73.3 cm³/mol. The van der Waals surface area contributed by atoms with Crippen LogP contribution >= 0.6 is 0 Å². The standard InChI is InChI=1S/C15H19FN2O2/c1-4-13-15(20)18(10(3)14(19)17-13)9(2)11-6-5-7-12(16)8-11/h5-10,13H,4H2,1-3H3,(H,17,19). The predicted octanol–water partition coefficient (Wildman–Crippen LogP) is 2.01. The number of piperazine rings is 1. The number of hydrogen-bond acceptors (Lipinski definition) is 2. The Balaban J connectivity index is 2.32. The Morgan fingerprint density at radius 1 is 1.40 bits per heavy atom. The highest BCUT2D eigenvalue weighted by Gasteiger charge is 2.39. The van der Waals surface area contributed by atoms with E-state index in [-0.39, 0.29) is 23.7 Å². The summed E-state index contributed by atoms with van der Waals surface area (Å²) in [6.07, 6.45) is 0.545. The van der Waals surface area contributed by atoms with Crippen LogP contribution in [0.4, 0.5) is 4.39 Å². The molecule has 0 aromatic heterocycles. The third-order valence-electron chi connectivity index (χ3n) is 3.82. The highest BCUT2D eigenvalue weighted by molar-refractivity contribution is 5.96. The van der Waals surface area contributed by atoms with Crippen molar-refractivity contribution in [3.8, 4) is 0 Å². The first-order valence-corrected chi connectivity index (χ1v) is 6.83. The second-order valence-corrected chi connectivity index (χ2v) is 5.12. The van der Waals surface area contributed by atoms with Crippen molar-refractivity contribution in [2.75, 3.05) is 0 Å². The first kappa shape index (κ1) is 14.5. The van der Waals surface area contributed by atoms with E-state index in [9.17, 15) is 14.0 Å². The van der Waals surface area contributed by atoms with E-state index in [4.69, 9.17) is 0 Å². The first-order chi connectivity index (χ1) is 9.45. The Bertz CT molecular complexity index is 532. The molecule has 3 unspecified atom stereocenters. The lowest BCUT2D eigenvalue weighted by molar-refractivity contribution is -0.151. The lowest BCUT2D eigenvalue weighted by Gasteiger charge is -2.41. The maximum absolute atomic E-state index is 13.3. The van der Waals surface area contributed by atoms with E-state index in [1.165, 1.54) is 12.1 Å². The van der Waals surface area contributed by atoms with E-state index in [0.717, 1.165) is 0 Å². The normalized spacial score (nSPS) is 24.5. The van der Waals surface area contributed by atoms with Crippen LogP contribution in [0.1, 0.15) is 38.8 Å². The largest absolute Gasteiger partial charge is 0.343 e. The number of rotatable bonds is 3. The molecule has 5 heteroatoms. The number of nitrogens with one attached hydrogen (secondary N) is 1. The van der Waals surface area contributed by atoms with Crippen molar-refractivity contribution in [1.29, 1.82) is 0 Å². The third-order valence-corrected chi connectivity index (χ3v) is 3.82. The molecule has 4 nitrogen and oxygen atoms in total. The quantitative estimate of drug-likeness (QED) is 0.919. The van der Waals surface area contributed by atoms with Crippen molar-refractivity contribution in [1.82, 2.24) is 10.2 Å². The maximum Gasteiger partial charge on any atom is 0.246 e. The van der Waals surface area contributed by atoms with Gasteiger partial charge in [-0.3, -0.25) is 9.59 Å². The fourth-order valence-electron chi connectivity index (χ4n) is 2.58. The number of carbonyl (C=O) groups excluding carboxylic acids is 2. The Kier molecular flexibility index (Phi) is 4.06. The van der Waals surface area contributed by atoms with Crippen LogP contribution in [0.15, 0.2) is 24.3 Å². The van der Waals surface area contributed by atoms with E-state index < -0.39 is 12.1 Å². The van der Waals surface area contributed by atoms with Crippen molar-refractivity contribution in [2.45, 2.75) is 45.3 Å². The minimum atomic E-state index is -0.552. The summed E-state index contributed by atoms with van der Waals surface area (Å²) in [5, 5.41) is 2.71. The first-order valence-electron chi connectivity index (χ1n) is 6.83. The van der Waals surface area contributed by atoms with E-state index in [0.29, 0.717) is 12.0 Å². The molecule has 1 fully saturated rings. The van der Waals surface area contributed by atoms with Gasteiger partial charge in [0, 0.05) is 0 Å². The number of hydrogen-bond donors (Lipinski definition) is 1. The van der Waals surface area contributed by atoms with Crippen LogP contribution in [0.5, 0.6) is 0 Å². The average molecular weight is 278 g/mol. The molecule has 3 atom stereocenters. The van der Waals surface area contributed by atoms with Gasteiger partial charge in [0.05, 0.1) is 6.04 Å². The molecule has 0 bridgehead atoms. The molecule has 0 aliphatic carbocycles. The molecule has 1 aromatic carbocycles. The van der Waals surface area contributed by atoms with Crippen LogP contribution in [0.3, 0.4) is 0 Å². The van der Waals surface area contributed by atoms with Crippen LogP contribution in [-0.4, -0.2) is 28.8 Å². The van der Waals surface area contributed by atoms with Crippen LogP contribution in [0, 0.1) is 5.82 Å². The Morgan fingerprint density at radius 3 is 2.70 bits per heavy atom. The molecule has 2 rings (SSSR count). The fraction of sp³-hybridized carbons (Fsp3) is 0.467. The molecule has 1 aliphatic heterocycles. The molecule has 20 heavy (non-hydrogen) atoms. The highest BCUT2D eigenvalue weighted by Crippen LogP contribution is 2.26. The van der Waals surface area contributed by atoms with E-state index >= 15 is 0 Å². The van der Waals surface area contributed by atoms with Gasteiger partial charge in [-0.05, 0) is 38.0 Å². The molecule has 2 amide bonds. The Hall–Kier alpha value is -1.91. The molecule has 1 heterocycles. The monoisotopic (exact) mass is 278 g/mol. The minimum absolute atomic E-state index is 0.114. The summed E-state index contributed by atoms with van der Waals surface area (Å²) in [5.74, 6) is -0.626. The van der Waals surface area contributed by atoms with Crippen molar-refractivity contribution >= 4 is 11.8 Å². The van der Waals surface area contributed by atoms with Gasteiger partial charge < -0.3 is 10.2 Å². The molecule has 0 spiro atoms. The molecule has 0 saturated carbocycles. The molecular formula is C15H19FN2O2. The topological polar surface area (TPSA) is 49.4 Å². The third kappa shape index (κ3) is 2.53. The van der Waals surface area contributed by atoms with Gasteiger partial charge in [-0.25, -0.2) is 4.39 Å². The summed E-state index contributed by atoms with van der Waals surface area (Å²) in [5.41, 5.74) is 0.690. The SMILES string of the molecule is CCC1NC(=O)C(C)N(C(C)c2cccc(F)c2)C1=O. The summed E-state index contributed by atoms with van der Waals surface area (Å²) in [6, 6.07) is 4.75. The summed E-state index contributed by atoms with van der Waals surface area (Å²) < 4.78 is 13.3. The Morgan fingerprint density at radius 2 is 2.10 bits per heavy atom. The smallest absolute Gasteiger partial charge is 0.246 e. The zero-order chi connectivity index (χ0) is 14.9. The average Bonchev–Trinajstić information content (AvgIpc) is 2.43. The van der Waals surface area contributed by atoms with Crippen LogP contribution < -0.4 is 5.32 Å². The highest BCUT2D eigenvalue weighted by atomic mass is 19.1. The Labute approximate surface area is 118 Å². The van der Waals surface area contributed by atoms with Gasteiger partial charge in [0.15, 0.2) is 0 Å². The number of carbonyl (C=O) groups is 2. The number of halogens is 1. The van der Waals surface area contributed by atoms with Gasteiger partial charge in [0.1, 0.15) is 17.9 Å². The van der Waals surface area contributed by atoms with Gasteiger partial charge in [0.25, 0.3) is 0 Å². The van der Waals surface area contributed by atoms with Gasteiger partial charge in [0.2, 0.25) is 11.8 Å². The van der Waals surface area contributed by atoms with Crippen molar-refractivity contribution in [3.63, 3.8) is 0 Å². The molecule has 1 aliphatic rings. The molecular weight excluding hydrogens is 259 g/mol. The summed E-state index contributed by atoms with van der Waals surface area (Å²) in [4.78, 5) is 25.9. The second kappa shape index (κ2) is 5.61. The molecule has 1 aromatic rings. The zero-order valence-corrected chi connectivity index (χ0v) is 11.9. The second-order valence-electron chi connectivity index (χ2n) is 5.12. The van der Waals surface area contributed by atoms with E-state index in [1.54, 1.807) is 24.0 Å². The van der Waals surface area contributed by atoms with Crippen molar-refractivity contribution in [2.24, 2.45) is 0 Å². The molecule has 108 valence electrons. The zero-order valence-electron chi connectivity index (χ0n) is 11.9. The van der Waals surface area contributed by atoms with Gasteiger partial charge in [-0.1, -0.05) is 19.1 Å². The number of benzene rings is 1. The van der Waals surface area contributed by atoms with Crippen LogP contribution in [-0.2, 0) is 9.59 Å². The molecule has 1 saturated heterocycles. The summed E-state index contributed by atoms with van der Waals surface area (Å²) >= 11 is 0. The molecule has 1 N–H and O–H groups in total. The fourth-order valence-corrected chi connectivity index (χ4v) is 2.58. The summed E-state index contributed by atoms with van der Waals surface area (Å²) in [7, 11) is 0. The van der Waals surface area contributed by atoms with E-state index in [2.05, 4.69) is 5.32 Å². The van der Waals surface area contributed by atoms with Gasteiger partial charge in [-0.2, -0.15) is 0 Å². The lowest BCUT2D eigenvalue weighted by atomic mass is 9.99.